The molecule has 0 amide bonds. The zero-order valence-electron chi connectivity index (χ0n) is 10.2. The highest BCUT2D eigenvalue weighted by atomic mass is 19.1. The molecule has 2 aliphatic rings. The van der Waals surface area contributed by atoms with Crippen molar-refractivity contribution in [3.63, 3.8) is 0 Å². The number of aromatic nitrogens is 1. The first-order valence-corrected chi connectivity index (χ1v) is 6.65. The van der Waals surface area contributed by atoms with Crippen molar-refractivity contribution in [2.75, 3.05) is 6.54 Å². The Morgan fingerprint density at radius 2 is 2.24 bits per heavy atom. The van der Waals surface area contributed by atoms with Gasteiger partial charge >= 0.3 is 0 Å². The number of nitrogens with zero attached hydrogens (tertiary/aromatic N) is 1. The minimum absolute atomic E-state index is 0.163. The predicted octanol–water partition coefficient (Wildman–Crippen LogP) is 2.92. The molecule has 0 aliphatic heterocycles. The number of pyridine rings is 1. The Labute approximate surface area is 102 Å². The quantitative estimate of drug-likeness (QED) is 0.866. The Balaban J connectivity index is 1.83. The Hall–Kier alpha value is -0.960. The Kier molecular flexibility index (Phi) is 2.87. The van der Waals surface area contributed by atoms with Gasteiger partial charge in [-0.3, -0.25) is 4.98 Å². The molecule has 1 aromatic rings. The summed E-state index contributed by atoms with van der Waals surface area (Å²) in [6, 6.07) is 2.02. The molecular formula is C14H19FN2. The second-order valence-corrected chi connectivity index (χ2v) is 5.27. The van der Waals surface area contributed by atoms with Crippen LogP contribution < -0.4 is 5.32 Å². The third kappa shape index (κ3) is 1.86. The highest BCUT2D eigenvalue weighted by Gasteiger charge is 2.56. The van der Waals surface area contributed by atoms with Crippen molar-refractivity contribution < 1.29 is 4.39 Å². The van der Waals surface area contributed by atoms with Crippen LogP contribution in [0.25, 0.3) is 0 Å². The van der Waals surface area contributed by atoms with Gasteiger partial charge in [-0.1, -0.05) is 13.3 Å². The fraction of sp³-hybridized carbons (Fsp3) is 0.643. The predicted molar refractivity (Wildman–Crippen MR) is 64.9 cm³/mol. The number of fused-ring (bicyclic) bond motifs is 1. The Morgan fingerprint density at radius 3 is 2.88 bits per heavy atom. The fourth-order valence-electron chi connectivity index (χ4n) is 3.68. The van der Waals surface area contributed by atoms with E-state index in [-0.39, 0.29) is 11.9 Å². The number of hydrogen-bond donors (Lipinski definition) is 1. The summed E-state index contributed by atoms with van der Waals surface area (Å²) in [7, 11) is 0. The van der Waals surface area contributed by atoms with Gasteiger partial charge in [-0.25, -0.2) is 4.39 Å². The van der Waals surface area contributed by atoms with E-state index >= 15 is 0 Å². The molecule has 0 saturated heterocycles. The van der Waals surface area contributed by atoms with E-state index in [1.165, 1.54) is 25.5 Å². The van der Waals surface area contributed by atoms with E-state index in [0.717, 1.165) is 23.9 Å². The van der Waals surface area contributed by atoms with Crippen LogP contribution in [0.4, 0.5) is 4.39 Å². The Morgan fingerprint density at radius 1 is 1.47 bits per heavy atom. The molecule has 2 nitrogen and oxygen atoms in total. The van der Waals surface area contributed by atoms with E-state index in [1.54, 1.807) is 6.20 Å². The summed E-state index contributed by atoms with van der Waals surface area (Å²) in [6.45, 7) is 2.98. The molecule has 92 valence electrons. The van der Waals surface area contributed by atoms with Crippen molar-refractivity contribution in [1.82, 2.24) is 10.3 Å². The molecular weight excluding hydrogens is 215 g/mol. The number of hydrogen-bond acceptors (Lipinski definition) is 2. The largest absolute Gasteiger partial charge is 0.310 e. The maximum absolute atomic E-state index is 13.8. The van der Waals surface area contributed by atoms with Crippen LogP contribution in [0, 0.1) is 23.6 Å². The molecule has 1 aromatic heterocycles. The van der Waals surface area contributed by atoms with Crippen LogP contribution in [-0.4, -0.2) is 11.5 Å². The van der Waals surface area contributed by atoms with Crippen molar-refractivity contribution in [3.8, 4) is 0 Å². The van der Waals surface area contributed by atoms with Crippen LogP contribution in [0.3, 0.4) is 0 Å². The average Bonchev–Trinajstić information content (AvgIpc) is 2.81. The van der Waals surface area contributed by atoms with Crippen molar-refractivity contribution in [2.24, 2.45) is 17.8 Å². The first kappa shape index (κ1) is 11.1. The van der Waals surface area contributed by atoms with Crippen LogP contribution in [0.5, 0.6) is 0 Å². The topological polar surface area (TPSA) is 24.9 Å². The van der Waals surface area contributed by atoms with E-state index in [1.807, 2.05) is 6.07 Å². The lowest BCUT2D eigenvalue weighted by atomic mass is 9.97. The number of rotatable bonds is 4. The zero-order chi connectivity index (χ0) is 11.8. The van der Waals surface area contributed by atoms with E-state index in [0.29, 0.717) is 5.92 Å². The molecule has 2 fully saturated rings. The summed E-state index contributed by atoms with van der Waals surface area (Å²) >= 11 is 0. The molecule has 0 radical (unpaired) electrons. The van der Waals surface area contributed by atoms with Crippen LogP contribution >= 0.6 is 0 Å². The maximum atomic E-state index is 13.8. The average molecular weight is 234 g/mol. The smallest absolute Gasteiger partial charge is 0.146 e. The zero-order valence-corrected chi connectivity index (χ0v) is 10.2. The van der Waals surface area contributed by atoms with Gasteiger partial charge in [-0.15, -0.1) is 0 Å². The summed E-state index contributed by atoms with van der Waals surface area (Å²) in [5.41, 5.74) is 0.807. The molecule has 3 rings (SSSR count). The van der Waals surface area contributed by atoms with Gasteiger partial charge in [-0.05, 0) is 43.2 Å². The summed E-state index contributed by atoms with van der Waals surface area (Å²) in [6.07, 6.45) is 7.07. The van der Waals surface area contributed by atoms with Crippen LogP contribution in [0.2, 0.25) is 0 Å². The fourth-order valence-corrected chi connectivity index (χ4v) is 3.68. The van der Waals surface area contributed by atoms with Gasteiger partial charge in [-0.2, -0.15) is 0 Å². The monoisotopic (exact) mass is 234 g/mol. The third-order valence-corrected chi connectivity index (χ3v) is 4.42. The summed E-state index contributed by atoms with van der Waals surface area (Å²) in [5, 5.41) is 3.46. The molecule has 3 atom stereocenters. The lowest BCUT2D eigenvalue weighted by Gasteiger charge is -2.20. The van der Waals surface area contributed by atoms with Gasteiger partial charge in [0.25, 0.3) is 0 Å². The summed E-state index contributed by atoms with van der Waals surface area (Å²) in [5.74, 6) is 2.17. The highest BCUT2D eigenvalue weighted by Crippen LogP contribution is 2.62. The molecule has 0 aromatic carbocycles. The lowest BCUT2D eigenvalue weighted by Crippen LogP contribution is -2.25. The lowest BCUT2D eigenvalue weighted by molar-refractivity contribution is 0.410. The normalized spacial score (nSPS) is 32.2. The maximum Gasteiger partial charge on any atom is 0.146 e. The molecule has 0 spiro atoms. The van der Waals surface area contributed by atoms with Crippen molar-refractivity contribution >= 4 is 0 Å². The van der Waals surface area contributed by atoms with Gasteiger partial charge < -0.3 is 5.32 Å². The molecule has 17 heavy (non-hydrogen) atoms. The van der Waals surface area contributed by atoms with E-state index in [9.17, 15) is 4.39 Å². The van der Waals surface area contributed by atoms with Crippen molar-refractivity contribution in [3.05, 3.63) is 29.8 Å². The van der Waals surface area contributed by atoms with E-state index in [2.05, 4.69) is 17.2 Å². The minimum atomic E-state index is -0.163. The minimum Gasteiger partial charge on any atom is -0.310 e. The SMILES string of the molecule is CCNC(c1ccncc1F)C1C2CCCC21. The molecule has 1 N–H and O–H groups in total. The summed E-state index contributed by atoms with van der Waals surface area (Å²) < 4.78 is 13.8. The molecule has 2 saturated carbocycles. The second-order valence-electron chi connectivity index (χ2n) is 5.27. The van der Waals surface area contributed by atoms with Crippen molar-refractivity contribution in [2.45, 2.75) is 32.2 Å². The molecule has 3 heteroatoms. The van der Waals surface area contributed by atoms with Crippen molar-refractivity contribution in [1.29, 1.82) is 0 Å². The van der Waals surface area contributed by atoms with Crippen LogP contribution in [0.15, 0.2) is 18.5 Å². The standard InChI is InChI=1S/C14H19FN2/c1-2-17-14(11-6-7-16-8-12(11)15)13-9-4-3-5-10(9)13/h6-10,13-14,17H,2-5H2,1H3. The molecule has 2 aliphatic carbocycles. The van der Waals surface area contributed by atoms with Crippen LogP contribution in [-0.2, 0) is 0 Å². The second kappa shape index (κ2) is 4.37. The van der Waals surface area contributed by atoms with Crippen LogP contribution in [0.1, 0.15) is 37.8 Å². The number of nitrogens with one attached hydrogen (secondary N) is 1. The third-order valence-electron chi connectivity index (χ3n) is 4.42. The van der Waals surface area contributed by atoms with Gasteiger partial charge in [0.2, 0.25) is 0 Å². The van der Waals surface area contributed by atoms with Gasteiger partial charge in [0.15, 0.2) is 0 Å². The van der Waals surface area contributed by atoms with Gasteiger partial charge in [0.05, 0.1) is 6.20 Å². The van der Waals surface area contributed by atoms with E-state index < -0.39 is 0 Å². The number of halogens is 1. The van der Waals surface area contributed by atoms with Gasteiger partial charge in [0.1, 0.15) is 5.82 Å². The first-order chi connectivity index (χ1) is 8.33. The Bertz CT molecular complexity index is 397. The molecule has 1 heterocycles. The molecule has 0 bridgehead atoms. The molecule has 3 unspecified atom stereocenters. The van der Waals surface area contributed by atoms with Gasteiger partial charge in [0, 0.05) is 17.8 Å². The summed E-state index contributed by atoms with van der Waals surface area (Å²) in [4.78, 5) is 3.84. The first-order valence-electron chi connectivity index (χ1n) is 6.65. The van der Waals surface area contributed by atoms with E-state index in [4.69, 9.17) is 0 Å². The highest BCUT2D eigenvalue weighted by molar-refractivity contribution is 5.23.